The van der Waals surface area contributed by atoms with Crippen LogP contribution in [0.25, 0.3) is 5.69 Å². The normalized spacial score (nSPS) is 13.6. The van der Waals surface area contributed by atoms with Crippen molar-refractivity contribution in [1.82, 2.24) is 9.78 Å². The minimum absolute atomic E-state index is 0.337. The number of alkyl halides is 3. The Morgan fingerprint density at radius 1 is 1.22 bits per heavy atom. The monoisotopic (exact) mass is 256 g/mol. The summed E-state index contributed by atoms with van der Waals surface area (Å²) in [6.07, 6.45) is -4.65. The van der Waals surface area contributed by atoms with Crippen LogP contribution in [-0.4, -0.2) is 27.2 Å². The summed E-state index contributed by atoms with van der Waals surface area (Å²) < 4.78 is 38.0. The first-order valence-electron chi connectivity index (χ1n) is 5.30. The van der Waals surface area contributed by atoms with Crippen LogP contribution in [0.15, 0.2) is 42.7 Å². The Kier molecular flexibility index (Phi) is 3.38. The van der Waals surface area contributed by atoms with Gasteiger partial charge in [0.25, 0.3) is 0 Å². The van der Waals surface area contributed by atoms with Crippen LogP contribution in [0.2, 0.25) is 0 Å². The van der Waals surface area contributed by atoms with E-state index in [4.69, 9.17) is 5.11 Å². The third-order valence-electron chi connectivity index (χ3n) is 2.46. The van der Waals surface area contributed by atoms with Gasteiger partial charge in [-0.15, -0.1) is 0 Å². The standard InChI is InChI=1S/C12H11F3N2O/c13-12(14,15)11(18)6-9-7-16-17(8-9)10-4-2-1-3-5-10/h1-5,7-8,11,18H,6H2. The summed E-state index contributed by atoms with van der Waals surface area (Å²) in [5.74, 6) is 0. The van der Waals surface area contributed by atoms with Crippen LogP contribution in [-0.2, 0) is 6.42 Å². The molecule has 0 saturated carbocycles. The molecule has 1 N–H and O–H groups in total. The SMILES string of the molecule is OC(Cc1cnn(-c2ccccc2)c1)C(F)(F)F. The zero-order valence-corrected chi connectivity index (χ0v) is 9.30. The Morgan fingerprint density at radius 2 is 1.89 bits per heavy atom. The van der Waals surface area contributed by atoms with E-state index in [1.807, 2.05) is 6.07 Å². The maximum Gasteiger partial charge on any atom is 0.414 e. The van der Waals surface area contributed by atoms with E-state index in [1.54, 1.807) is 24.3 Å². The van der Waals surface area contributed by atoms with E-state index in [0.29, 0.717) is 5.56 Å². The fourth-order valence-electron chi connectivity index (χ4n) is 1.53. The maximum absolute atomic E-state index is 12.2. The summed E-state index contributed by atoms with van der Waals surface area (Å²) in [6, 6.07) is 9.03. The van der Waals surface area contributed by atoms with E-state index in [-0.39, 0.29) is 0 Å². The molecule has 0 aliphatic heterocycles. The molecule has 0 saturated heterocycles. The number of rotatable bonds is 3. The Balaban J connectivity index is 2.12. The van der Waals surface area contributed by atoms with Crippen LogP contribution < -0.4 is 0 Å². The van der Waals surface area contributed by atoms with E-state index >= 15 is 0 Å². The molecule has 6 heteroatoms. The van der Waals surface area contributed by atoms with Gasteiger partial charge in [-0.3, -0.25) is 0 Å². The Morgan fingerprint density at radius 3 is 2.50 bits per heavy atom. The molecule has 2 aromatic rings. The van der Waals surface area contributed by atoms with Crippen molar-refractivity contribution in [1.29, 1.82) is 0 Å². The number of para-hydroxylation sites is 1. The van der Waals surface area contributed by atoms with Crippen LogP contribution in [0.3, 0.4) is 0 Å². The Hall–Kier alpha value is -1.82. The van der Waals surface area contributed by atoms with Gasteiger partial charge >= 0.3 is 6.18 Å². The molecule has 0 bridgehead atoms. The summed E-state index contributed by atoms with van der Waals surface area (Å²) in [7, 11) is 0. The lowest BCUT2D eigenvalue weighted by atomic mass is 10.1. The molecule has 0 radical (unpaired) electrons. The summed E-state index contributed by atoms with van der Waals surface area (Å²) in [5, 5.41) is 12.9. The number of aliphatic hydroxyl groups is 1. The minimum Gasteiger partial charge on any atom is -0.383 e. The number of benzene rings is 1. The van der Waals surface area contributed by atoms with Gasteiger partial charge in [-0.2, -0.15) is 18.3 Å². The van der Waals surface area contributed by atoms with Crippen molar-refractivity contribution >= 4 is 0 Å². The van der Waals surface area contributed by atoms with Crippen molar-refractivity contribution in [3.63, 3.8) is 0 Å². The topological polar surface area (TPSA) is 38.1 Å². The van der Waals surface area contributed by atoms with E-state index in [0.717, 1.165) is 5.69 Å². The lowest BCUT2D eigenvalue weighted by Gasteiger charge is -2.12. The van der Waals surface area contributed by atoms with Crippen molar-refractivity contribution in [3.8, 4) is 5.69 Å². The maximum atomic E-state index is 12.2. The molecule has 1 heterocycles. The Labute approximate surface area is 101 Å². The fraction of sp³-hybridized carbons (Fsp3) is 0.250. The molecule has 0 aliphatic rings. The molecule has 3 nitrogen and oxygen atoms in total. The van der Waals surface area contributed by atoms with Gasteiger partial charge in [-0.1, -0.05) is 18.2 Å². The van der Waals surface area contributed by atoms with E-state index in [2.05, 4.69) is 5.10 Å². The van der Waals surface area contributed by atoms with Crippen molar-refractivity contribution in [2.45, 2.75) is 18.7 Å². The minimum atomic E-state index is -4.60. The van der Waals surface area contributed by atoms with E-state index in [9.17, 15) is 13.2 Å². The second-order valence-corrected chi connectivity index (χ2v) is 3.89. The molecule has 1 unspecified atom stereocenters. The van der Waals surface area contributed by atoms with Gasteiger partial charge in [0.1, 0.15) is 0 Å². The molecule has 1 aromatic carbocycles. The number of hydrogen-bond acceptors (Lipinski definition) is 2. The van der Waals surface area contributed by atoms with Crippen molar-refractivity contribution in [3.05, 3.63) is 48.3 Å². The predicted molar refractivity (Wildman–Crippen MR) is 59.3 cm³/mol. The number of aromatic nitrogens is 2. The molecule has 0 fully saturated rings. The lowest BCUT2D eigenvalue weighted by molar-refractivity contribution is -0.203. The second-order valence-electron chi connectivity index (χ2n) is 3.89. The van der Waals surface area contributed by atoms with Crippen LogP contribution in [0.5, 0.6) is 0 Å². The highest BCUT2D eigenvalue weighted by molar-refractivity contribution is 5.31. The average Bonchev–Trinajstić information content (AvgIpc) is 2.77. The summed E-state index contributed by atoms with van der Waals surface area (Å²) >= 11 is 0. The predicted octanol–water partition coefficient (Wildman–Crippen LogP) is 2.34. The number of halogens is 3. The Bertz CT molecular complexity index is 508. The first-order chi connectivity index (χ1) is 8.47. The van der Waals surface area contributed by atoms with Gasteiger partial charge < -0.3 is 5.11 Å². The molecular weight excluding hydrogens is 245 g/mol. The molecule has 2 rings (SSSR count). The van der Waals surface area contributed by atoms with Gasteiger partial charge in [0, 0.05) is 12.6 Å². The van der Waals surface area contributed by atoms with Gasteiger partial charge in [0.15, 0.2) is 6.10 Å². The molecular formula is C12H11F3N2O. The summed E-state index contributed by atoms with van der Waals surface area (Å²) in [6.45, 7) is 0. The summed E-state index contributed by atoms with van der Waals surface area (Å²) in [4.78, 5) is 0. The quantitative estimate of drug-likeness (QED) is 0.915. The van der Waals surface area contributed by atoms with Gasteiger partial charge in [0.05, 0.1) is 11.9 Å². The van der Waals surface area contributed by atoms with Crippen LogP contribution in [0.1, 0.15) is 5.56 Å². The zero-order chi connectivity index (χ0) is 13.2. The van der Waals surface area contributed by atoms with Gasteiger partial charge in [-0.25, -0.2) is 4.68 Å². The molecule has 0 amide bonds. The van der Waals surface area contributed by atoms with Crippen LogP contribution in [0, 0.1) is 0 Å². The smallest absolute Gasteiger partial charge is 0.383 e. The largest absolute Gasteiger partial charge is 0.414 e. The molecule has 0 spiro atoms. The first-order valence-corrected chi connectivity index (χ1v) is 5.30. The van der Waals surface area contributed by atoms with E-state index < -0.39 is 18.7 Å². The fourth-order valence-corrected chi connectivity index (χ4v) is 1.53. The van der Waals surface area contributed by atoms with Crippen molar-refractivity contribution in [2.24, 2.45) is 0 Å². The third kappa shape index (κ3) is 2.89. The third-order valence-corrected chi connectivity index (χ3v) is 2.46. The van der Waals surface area contributed by atoms with E-state index in [1.165, 1.54) is 17.1 Å². The average molecular weight is 256 g/mol. The molecule has 18 heavy (non-hydrogen) atoms. The molecule has 1 atom stereocenters. The van der Waals surface area contributed by atoms with Crippen molar-refractivity contribution < 1.29 is 18.3 Å². The molecule has 96 valence electrons. The van der Waals surface area contributed by atoms with Gasteiger partial charge in [0.2, 0.25) is 0 Å². The van der Waals surface area contributed by atoms with Crippen LogP contribution in [0.4, 0.5) is 13.2 Å². The molecule has 0 aliphatic carbocycles. The highest BCUT2D eigenvalue weighted by Crippen LogP contribution is 2.23. The van der Waals surface area contributed by atoms with Crippen LogP contribution >= 0.6 is 0 Å². The highest BCUT2D eigenvalue weighted by atomic mass is 19.4. The number of hydrogen-bond donors (Lipinski definition) is 1. The first kappa shape index (κ1) is 12.6. The number of aliphatic hydroxyl groups excluding tert-OH is 1. The number of nitrogens with zero attached hydrogens (tertiary/aromatic N) is 2. The summed E-state index contributed by atoms with van der Waals surface area (Å²) in [5.41, 5.74) is 1.09. The van der Waals surface area contributed by atoms with Gasteiger partial charge in [-0.05, 0) is 17.7 Å². The van der Waals surface area contributed by atoms with Crippen molar-refractivity contribution in [2.75, 3.05) is 0 Å². The highest BCUT2D eigenvalue weighted by Gasteiger charge is 2.38. The lowest BCUT2D eigenvalue weighted by Crippen LogP contribution is -2.30. The zero-order valence-electron chi connectivity index (χ0n) is 9.30. The second kappa shape index (κ2) is 4.81. The molecule has 1 aromatic heterocycles.